The first-order valence-electron chi connectivity index (χ1n) is 2.82. The maximum atomic E-state index is 11.1. The molecule has 0 aromatic heterocycles. The molecular formula is C5H8NO4P. The minimum absolute atomic E-state index is 0.135. The molecule has 0 aliphatic rings. The Labute approximate surface area is 64.3 Å². The number of nitrogens with zero attached hydrogens (tertiary/aromatic N) is 1. The Morgan fingerprint density at radius 3 is 2.82 bits per heavy atom. The van der Waals surface area contributed by atoms with Crippen molar-refractivity contribution < 1.29 is 18.4 Å². The van der Waals surface area contributed by atoms with Crippen molar-refractivity contribution in [1.82, 2.24) is 0 Å². The van der Waals surface area contributed by atoms with E-state index in [2.05, 4.69) is 20.4 Å². The number of isocyanates is 1. The number of rotatable bonds is 5. The van der Waals surface area contributed by atoms with Gasteiger partial charge in [-0.15, -0.1) is 0 Å². The third-order valence-corrected chi connectivity index (χ3v) is 1.99. The van der Waals surface area contributed by atoms with Gasteiger partial charge >= 0.3 is 7.75 Å². The van der Waals surface area contributed by atoms with Gasteiger partial charge in [0, 0.05) is 0 Å². The molecule has 0 heterocycles. The summed E-state index contributed by atoms with van der Waals surface area (Å²) in [6.07, 6.45) is 1.99. The second-order valence-electron chi connectivity index (χ2n) is 1.35. The normalized spacial score (nSPS) is 14.3. The van der Waals surface area contributed by atoms with E-state index in [1.165, 1.54) is 0 Å². The van der Waals surface area contributed by atoms with Gasteiger partial charge in [0.15, 0.2) is 0 Å². The van der Waals surface area contributed by atoms with E-state index in [1.807, 2.05) is 0 Å². The van der Waals surface area contributed by atoms with Crippen molar-refractivity contribution in [3.63, 3.8) is 0 Å². The molecule has 0 aliphatic carbocycles. The molecule has 0 N–H and O–H groups in total. The zero-order chi connectivity index (χ0) is 8.74. The molecule has 0 bridgehead atoms. The molecule has 5 nitrogen and oxygen atoms in total. The van der Waals surface area contributed by atoms with Crippen molar-refractivity contribution in [3.05, 3.63) is 12.8 Å². The lowest BCUT2D eigenvalue weighted by atomic mass is 10.9. The fraction of sp³-hybridized carbons (Fsp3) is 0.400. The van der Waals surface area contributed by atoms with Gasteiger partial charge in [-0.3, -0.25) is 4.52 Å². The van der Waals surface area contributed by atoms with Gasteiger partial charge < -0.3 is 4.52 Å². The van der Waals surface area contributed by atoms with E-state index in [1.54, 1.807) is 6.92 Å². The fourth-order valence-electron chi connectivity index (χ4n) is 0.390. The Bertz CT molecular complexity index is 221. The Morgan fingerprint density at radius 2 is 2.45 bits per heavy atom. The average Bonchev–Trinajstić information content (AvgIpc) is 1.88. The summed E-state index contributed by atoms with van der Waals surface area (Å²) in [6, 6.07) is 0. The molecule has 0 radical (unpaired) electrons. The molecule has 62 valence electrons. The lowest BCUT2D eigenvalue weighted by Crippen LogP contribution is -1.87. The summed E-state index contributed by atoms with van der Waals surface area (Å²) in [4.78, 5) is 9.71. The maximum Gasteiger partial charge on any atom is 0.517 e. The molecule has 0 rings (SSSR count). The minimum atomic E-state index is -3.64. The predicted octanol–water partition coefficient (Wildman–Crippen LogP) is 1.63. The summed E-state index contributed by atoms with van der Waals surface area (Å²) in [5.74, 6) is 0. The highest BCUT2D eigenvalue weighted by molar-refractivity contribution is 7.52. The van der Waals surface area contributed by atoms with Gasteiger partial charge in [-0.2, -0.15) is 0 Å². The fourth-order valence-corrected chi connectivity index (χ4v) is 1.17. The van der Waals surface area contributed by atoms with Crippen molar-refractivity contribution in [2.24, 2.45) is 4.76 Å². The SMILES string of the molecule is C=COP(=O)(N=C=O)OCC. The van der Waals surface area contributed by atoms with Crippen LogP contribution in [-0.2, 0) is 18.4 Å². The maximum absolute atomic E-state index is 11.1. The van der Waals surface area contributed by atoms with Gasteiger partial charge in [0.05, 0.1) is 12.9 Å². The van der Waals surface area contributed by atoms with Gasteiger partial charge in [0.1, 0.15) is 0 Å². The van der Waals surface area contributed by atoms with E-state index in [0.717, 1.165) is 12.3 Å². The first kappa shape index (κ1) is 10.1. The molecular weight excluding hydrogens is 169 g/mol. The molecule has 0 aromatic carbocycles. The molecule has 0 aromatic rings. The topological polar surface area (TPSA) is 65.0 Å². The number of hydrogen-bond donors (Lipinski definition) is 0. The van der Waals surface area contributed by atoms with Crippen LogP contribution in [0.5, 0.6) is 0 Å². The first-order valence-corrected chi connectivity index (χ1v) is 4.31. The predicted molar refractivity (Wildman–Crippen MR) is 38.6 cm³/mol. The van der Waals surface area contributed by atoms with Crippen molar-refractivity contribution in [2.45, 2.75) is 6.92 Å². The van der Waals surface area contributed by atoms with Crippen LogP contribution in [-0.4, -0.2) is 12.7 Å². The van der Waals surface area contributed by atoms with Gasteiger partial charge in [-0.05, 0) is 6.92 Å². The Morgan fingerprint density at radius 1 is 1.82 bits per heavy atom. The van der Waals surface area contributed by atoms with Gasteiger partial charge in [0.25, 0.3) is 0 Å². The molecule has 0 saturated carbocycles. The average molecular weight is 177 g/mol. The molecule has 0 amide bonds. The van der Waals surface area contributed by atoms with Crippen LogP contribution in [0.15, 0.2) is 17.6 Å². The van der Waals surface area contributed by atoms with Crippen LogP contribution in [0.1, 0.15) is 6.92 Å². The number of carbonyl (C=O) groups excluding carboxylic acids is 1. The van der Waals surface area contributed by atoms with E-state index in [0.29, 0.717) is 0 Å². The largest absolute Gasteiger partial charge is 0.517 e. The Balaban J connectivity index is 4.37. The molecule has 0 saturated heterocycles. The second kappa shape index (κ2) is 4.85. The summed E-state index contributed by atoms with van der Waals surface area (Å²) >= 11 is 0. The van der Waals surface area contributed by atoms with Crippen LogP contribution in [0.3, 0.4) is 0 Å². The highest BCUT2D eigenvalue weighted by Gasteiger charge is 2.22. The van der Waals surface area contributed by atoms with Crippen LogP contribution in [0, 0.1) is 0 Å². The summed E-state index contributed by atoms with van der Waals surface area (Å²) < 4.78 is 22.9. The molecule has 1 unspecified atom stereocenters. The third kappa shape index (κ3) is 3.73. The van der Waals surface area contributed by atoms with E-state index in [9.17, 15) is 9.36 Å². The number of hydrogen-bond acceptors (Lipinski definition) is 4. The smallest absolute Gasteiger partial charge is 0.416 e. The van der Waals surface area contributed by atoms with Crippen LogP contribution in [0.2, 0.25) is 0 Å². The van der Waals surface area contributed by atoms with Gasteiger partial charge in [-0.25, -0.2) is 9.36 Å². The van der Waals surface area contributed by atoms with E-state index in [4.69, 9.17) is 0 Å². The zero-order valence-corrected chi connectivity index (χ0v) is 6.91. The zero-order valence-electron chi connectivity index (χ0n) is 6.02. The van der Waals surface area contributed by atoms with Crippen molar-refractivity contribution in [2.75, 3.05) is 6.61 Å². The standard InChI is InChI=1S/C5H8NO4P/c1-3-9-11(8,6-5-7)10-4-2/h3H,1,4H2,2H3. The first-order chi connectivity index (χ1) is 5.18. The molecule has 11 heavy (non-hydrogen) atoms. The molecule has 6 heteroatoms. The minimum Gasteiger partial charge on any atom is -0.416 e. The lowest BCUT2D eigenvalue weighted by molar-refractivity contribution is 0.263. The van der Waals surface area contributed by atoms with Crippen molar-refractivity contribution >= 4 is 13.8 Å². The van der Waals surface area contributed by atoms with Gasteiger partial charge in [0.2, 0.25) is 6.08 Å². The molecule has 0 aliphatic heterocycles. The van der Waals surface area contributed by atoms with Crippen molar-refractivity contribution in [3.8, 4) is 0 Å². The molecule has 0 fully saturated rings. The summed E-state index contributed by atoms with van der Waals surface area (Å²) in [5, 5.41) is 0. The van der Waals surface area contributed by atoms with E-state index < -0.39 is 7.75 Å². The monoisotopic (exact) mass is 177 g/mol. The summed E-state index contributed by atoms with van der Waals surface area (Å²) in [5.41, 5.74) is 0. The van der Waals surface area contributed by atoms with Crippen LogP contribution < -0.4 is 0 Å². The Kier molecular flexibility index (Phi) is 4.46. The summed E-state index contributed by atoms with van der Waals surface area (Å²) in [7, 11) is -3.64. The molecule has 0 spiro atoms. The summed E-state index contributed by atoms with van der Waals surface area (Å²) in [6.45, 7) is 4.88. The Hall–Kier alpha value is -0.890. The van der Waals surface area contributed by atoms with Crippen LogP contribution in [0.25, 0.3) is 0 Å². The highest BCUT2D eigenvalue weighted by atomic mass is 31.2. The molecule has 1 atom stereocenters. The third-order valence-electron chi connectivity index (χ3n) is 0.663. The van der Waals surface area contributed by atoms with Crippen molar-refractivity contribution in [1.29, 1.82) is 0 Å². The van der Waals surface area contributed by atoms with E-state index >= 15 is 0 Å². The highest BCUT2D eigenvalue weighted by Crippen LogP contribution is 2.49. The quantitative estimate of drug-likeness (QED) is 0.277. The lowest BCUT2D eigenvalue weighted by Gasteiger charge is -2.07. The van der Waals surface area contributed by atoms with E-state index in [-0.39, 0.29) is 6.61 Å². The second-order valence-corrected chi connectivity index (χ2v) is 2.96. The van der Waals surface area contributed by atoms with Crippen LogP contribution in [0.4, 0.5) is 0 Å². The van der Waals surface area contributed by atoms with Gasteiger partial charge in [-0.1, -0.05) is 11.3 Å². The van der Waals surface area contributed by atoms with Crippen LogP contribution >= 0.6 is 7.75 Å².